The summed E-state index contributed by atoms with van der Waals surface area (Å²) in [5.74, 6) is 0.491. The van der Waals surface area contributed by atoms with Gasteiger partial charge in [-0.05, 0) is 37.2 Å². The summed E-state index contributed by atoms with van der Waals surface area (Å²) in [4.78, 5) is 21.9. The van der Waals surface area contributed by atoms with Gasteiger partial charge in [-0.15, -0.1) is 0 Å². The van der Waals surface area contributed by atoms with Crippen LogP contribution in [0.2, 0.25) is 0 Å². The summed E-state index contributed by atoms with van der Waals surface area (Å²) in [6.07, 6.45) is 7.58. The van der Waals surface area contributed by atoms with E-state index in [2.05, 4.69) is 24.1 Å². The normalized spacial score (nSPS) is 23.5. The third-order valence-corrected chi connectivity index (χ3v) is 7.74. The van der Waals surface area contributed by atoms with Crippen LogP contribution in [0.25, 0.3) is 11.0 Å². The minimum atomic E-state index is -3.15. The monoisotopic (exact) mass is 419 g/mol. The van der Waals surface area contributed by atoms with Crippen molar-refractivity contribution >= 4 is 27.0 Å². The first kappa shape index (κ1) is 20.3. The predicted octanol–water partition coefficient (Wildman–Crippen LogP) is 2.38. The maximum Gasteiger partial charge on any atom is 0.252 e. The Balaban J connectivity index is 1.61. The Morgan fingerprint density at radius 1 is 1.17 bits per heavy atom. The zero-order valence-corrected chi connectivity index (χ0v) is 18.1. The summed E-state index contributed by atoms with van der Waals surface area (Å²) >= 11 is 0. The van der Waals surface area contributed by atoms with Crippen molar-refractivity contribution in [2.75, 3.05) is 24.7 Å². The molecular weight excluding hydrogens is 390 g/mol. The average molecular weight is 420 g/mol. The molecule has 0 unspecified atom stereocenters. The van der Waals surface area contributed by atoms with Gasteiger partial charge in [-0.25, -0.2) is 17.7 Å². The zero-order chi connectivity index (χ0) is 20.8. The van der Waals surface area contributed by atoms with E-state index in [0.29, 0.717) is 37.5 Å². The molecule has 0 radical (unpaired) electrons. The van der Waals surface area contributed by atoms with Crippen LogP contribution in [-0.4, -0.2) is 52.6 Å². The zero-order valence-electron chi connectivity index (χ0n) is 17.3. The number of fused-ring (bicyclic) bond motifs is 1. The highest BCUT2D eigenvalue weighted by Gasteiger charge is 2.37. The third kappa shape index (κ3) is 4.02. The summed E-state index contributed by atoms with van der Waals surface area (Å²) in [7, 11) is -3.15. The van der Waals surface area contributed by atoms with E-state index in [1.54, 1.807) is 18.3 Å². The quantitative estimate of drug-likeness (QED) is 0.817. The van der Waals surface area contributed by atoms with Crippen molar-refractivity contribution in [3.8, 4) is 0 Å². The number of anilines is 1. The Morgan fingerprint density at radius 3 is 2.52 bits per heavy atom. The molecule has 1 N–H and O–H groups in total. The molecule has 1 aliphatic heterocycles. The van der Waals surface area contributed by atoms with Crippen molar-refractivity contribution in [2.24, 2.45) is 5.41 Å². The van der Waals surface area contributed by atoms with Crippen LogP contribution < -0.4 is 10.9 Å². The molecule has 158 valence electrons. The molecule has 1 atom stereocenters. The first-order valence-electron chi connectivity index (χ1n) is 10.3. The van der Waals surface area contributed by atoms with Gasteiger partial charge in [0, 0.05) is 42.8 Å². The molecule has 0 bridgehead atoms. The Morgan fingerprint density at radius 2 is 1.90 bits per heavy atom. The molecule has 2 aliphatic rings. The molecule has 1 saturated heterocycles. The van der Waals surface area contributed by atoms with Crippen LogP contribution in [0.5, 0.6) is 0 Å². The lowest BCUT2D eigenvalue weighted by molar-refractivity contribution is 0.260. The standard InChI is InChI=1S/C20H29N5O3S/c1-20(2)10-4-5-16(20)25-17(26)7-6-14-13-21-19(23-18(14)25)22-15-8-11-24(12-9-15)29(3,27)28/h6-7,13,15-16H,4-5,8-12H2,1-3H3,(H,21,22,23)/t16-/m1/s1. The number of hydrogen-bond donors (Lipinski definition) is 1. The molecule has 4 rings (SSSR count). The number of aromatic nitrogens is 3. The van der Waals surface area contributed by atoms with E-state index in [9.17, 15) is 13.2 Å². The molecule has 0 spiro atoms. The van der Waals surface area contributed by atoms with Gasteiger partial charge in [-0.2, -0.15) is 4.98 Å². The summed E-state index contributed by atoms with van der Waals surface area (Å²) in [5.41, 5.74) is 0.696. The lowest BCUT2D eigenvalue weighted by atomic mass is 9.87. The smallest absolute Gasteiger partial charge is 0.252 e. The fraction of sp³-hybridized carbons (Fsp3) is 0.650. The van der Waals surface area contributed by atoms with Crippen molar-refractivity contribution in [1.29, 1.82) is 0 Å². The molecule has 2 aromatic heterocycles. The van der Waals surface area contributed by atoms with Gasteiger partial charge in [-0.1, -0.05) is 20.3 Å². The third-order valence-electron chi connectivity index (χ3n) is 6.44. The molecule has 1 aliphatic carbocycles. The number of rotatable bonds is 4. The van der Waals surface area contributed by atoms with Gasteiger partial charge in [0.25, 0.3) is 5.56 Å². The highest BCUT2D eigenvalue weighted by Crippen LogP contribution is 2.45. The summed E-state index contributed by atoms with van der Waals surface area (Å²) in [6.45, 7) is 5.41. The fourth-order valence-electron chi connectivity index (χ4n) is 4.71. The molecule has 2 fully saturated rings. The maximum atomic E-state index is 12.8. The van der Waals surface area contributed by atoms with Crippen LogP contribution in [0.1, 0.15) is 52.0 Å². The largest absolute Gasteiger partial charge is 0.351 e. The van der Waals surface area contributed by atoms with Crippen molar-refractivity contribution in [1.82, 2.24) is 18.8 Å². The van der Waals surface area contributed by atoms with E-state index in [1.165, 1.54) is 10.6 Å². The number of nitrogens with one attached hydrogen (secondary N) is 1. The van der Waals surface area contributed by atoms with E-state index >= 15 is 0 Å². The Bertz CT molecular complexity index is 1070. The van der Waals surface area contributed by atoms with Gasteiger partial charge in [0.2, 0.25) is 16.0 Å². The van der Waals surface area contributed by atoms with Crippen LogP contribution in [0.3, 0.4) is 0 Å². The van der Waals surface area contributed by atoms with E-state index in [4.69, 9.17) is 4.98 Å². The topological polar surface area (TPSA) is 97.2 Å². The summed E-state index contributed by atoms with van der Waals surface area (Å²) in [6, 6.07) is 3.62. The summed E-state index contributed by atoms with van der Waals surface area (Å²) < 4.78 is 26.7. The van der Waals surface area contributed by atoms with Gasteiger partial charge in [0.15, 0.2) is 0 Å². The summed E-state index contributed by atoms with van der Waals surface area (Å²) in [5, 5.41) is 4.20. The molecule has 8 nitrogen and oxygen atoms in total. The van der Waals surface area contributed by atoms with Crippen LogP contribution in [0.4, 0.5) is 5.95 Å². The number of hydrogen-bond acceptors (Lipinski definition) is 6. The minimum Gasteiger partial charge on any atom is -0.351 e. The average Bonchev–Trinajstić information content (AvgIpc) is 3.00. The Labute approximate surface area is 171 Å². The lowest BCUT2D eigenvalue weighted by Gasteiger charge is -2.31. The van der Waals surface area contributed by atoms with Crippen LogP contribution in [0, 0.1) is 5.41 Å². The molecule has 1 saturated carbocycles. The van der Waals surface area contributed by atoms with E-state index in [1.807, 2.05) is 4.57 Å². The lowest BCUT2D eigenvalue weighted by Crippen LogP contribution is -2.42. The maximum absolute atomic E-state index is 12.8. The van der Waals surface area contributed by atoms with Crippen LogP contribution in [0.15, 0.2) is 23.1 Å². The second kappa shape index (κ2) is 7.36. The van der Waals surface area contributed by atoms with Gasteiger partial charge in [-0.3, -0.25) is 9.36 Å². The number of nitrogens with zero attached hydrogens (tertiary/aromatic N) is 4. The Kier molecular flexibility index (Phi) is 5.14. The first-order chi connectivity index (χ1) is 13.6. The second-order valence-corrected chi connectivity index (χ2v) is 11.0. The highest BCUT2D eigenvalue weighted by molar-refractivity contribution is 7.88. The number of piperidine rings is 1. The second-order valence-electron chi connectivity index (χ2n) is 8.99. The van der Waals surface area contributed by atoms with Gasteiger partial charge >= 0.3 is 0 Å². The van der Waals surface area contributed by atoms with Crippen molar-refractivity contribution in [3.63, 3.8) is 0 Å². The molecule has 3 heterocycles. The minimum absolute atomic E-state index is 0.0245. The van der Waals surface area contributed by atoms with Crippen molar-refractivity contribution < 1.29 is 8.42 Å². The number of pyridine rings is 1. The van der Waals surface area contributed by atoms with E-state index in [0.717, 1.165) is 24.6 Å². The SMILES string of the molecule is CC1(C)CCC[C@H]1n1c(=O)ccc2cnc(NC3CCN(S(C)(=O)=O)CC3)nc21. The molecular formula is C20H29N5O3S. The fourth-order valence-corrected chi connectivity index (χ4v) is 5.58. The van der Waals surface area contributed by atoms with Crippen molar-refractivity contribution in [2.45, 2.75) is 58.0 Å². The number of sulfonamides is 1. The van der Waals surface area contributed by atoms with Crippen molar-refractivity contribution in [3.05, 3.63) is 28.7 Å². The molecule has 0 amide bonds. The van der Waals surface area contributed by atoms with E-state index in [-0.39, 0.29) is 23.1 Å². The van der Waals surface area contributed by atoms with Crippen LogP contribution in [-0.2, 0) is 10.0 Å². The predicted molar refractivity (Wildman–Crippen MR) is 114 cm³/mol. The van der Waals surface area contributed by atoms with Gasteiger partial charge in [0.05, 0.1) is 6.26 Å². The molecule has 9 heteroatoms. The molecule has 0 aromatic carbocycles. The Hall–Kier alpha value is -2.00. The van der Waals surface area contributed by atoms with E-state index < -0.39 is 10.0 Å². The first-order valence-corrected chi connectivity index (χ1v) is 12.1. The van der Waals surface area contributed by atoms with Gasteiger partial charge < -0.3 is 5.32 Å². The van der Waals surface area contributed by atoms with Gasteiger partial charge in [0.1, 0.15) is 5.65 Å². The molecule has 29 heavy (non-hydrogen) atoms. The molecule has 2 aromatic rings. The highest BCUT2D eigenvalue weighted by atomic mass is 32.2. The van der Waals surface area contributed by atoms with Crippen LogP contribution >= 0.6 is 0 Å².